The molecule has 30 heteroatoms. The number of aromatic nitrogens is 1. The molecule has 0 spiro atoms. The molecule has 7 rings (SSSR count). The minimum atomic E-state index is -6.13. The number of nitro benzene ring substituents is 1. The Morgan fingerprint density at radius 3 is 0.922 bits per heavy atom. The highest BCUT2D eigenvalue weighted by molar-refractivity contribution is 7.20. The fourth-order valence-electron chi connectivity index (χ4n) is 8.02. The molecule has 7 aromatic rings. The average Bonchev–Trinajstić information content (AvgIpc) is 3.29. The first-order valence-corrected chi connectivity index (χ1v) is 20.7. The van der Waals surface area contributed by atoms with E-state index in [2.05, 4.69) is 0 Å². The van der Waals surface area contributed by atoms with Gasteiger partial charge in [0.15, 0.2) is 0 Å². The molecule has 0 saturated heterocycles. The van der Waals surface area contributed by atoms with Gasteiger partial charge in [0.2, 0.25) is 18.1 Å². The zero-order valence-corrected chi connectivity index (χ0v) is 37.0. The van der Waals surface area contributed by atoms with Gasteiger partial charge >= 0.3 is 49.4 Å². The van der Waals surface area contributed by atoms with Crippen LogP contribution in [0.2, 0.25) is 0 Å². The predicted molar refractivity (Wildman–Crippen MR) is 223 cm³/mol. The second kappa shape index (κ2) is 20.0. The Morgan fingerprint density at radius 1 is 0.364 bits per heavy atom. The summed E-state index contributed by atoms with van der Waals surface area (Å²) >= 11 is 0. The van der Waals surface area contributed by atoms with Crippen molar-refractivity contribution in [1.82, 2.24) is 0 Å². The quantitative estimate of drug-likeness (QED) is 0.0525. The summed E-state index contributed by atoms with van der Waals surface area (Å²) in [6.45, 7) is 0. The topological polar surface area (TPSA) is 56.3 Å². The highest BCUT2D eigenvalue weighted by Gasteiger charge is 2.47. The molecule has 0 saturated carbocycles. The number of non-ortho nitro benzene ring substituents is 1. The molecule has 0 fully saturated rings. The maximum Gasteiger partial charge on any atom is 0.416 e. The molecule has 1 aromatic heterocycles. The normalized spacial score (nSPS) is 13.3. The molecule has 77 heavy (non-hydrogen) atoms. The third kappa shape index (κ3) is 13.3. The number of halogens is 24. The van der Waals surface area contributed by atoms with Gasteiger partial charge in [-0.05, 0) is 41.8 Å². The van der Waals surface area contributed by atoms with E-state index < -0.39 is 200 Å². The van der Waals surface area contributed by atoms with Crippen molar-refractivity contribution >= 4 is 44.5 Å². The Hall–Kier alpha value is -7.69. The lowest BCUT2D eigenvalue weighted by molar-refractivity contribution is -0.874. The first-order valence-electron chi connectivity index (χ1n) is 20.7. The summed E-state index contributed by atoms with van der Waals surface area (Å²) in [7, 11) is 0. The smallest absolute Gasteiger partial charge is 0.258 e. The summed E-state index contributed by atoms with van der Waals surface area (Å²) in [4.78, 5) is 15.9. The molecule has 0 radical (unpaired) electrons. The maximum absolute atomic E-state index is 14.2. The lowest BCUT2D eigenvalue weighted by atomic mass is 9.12. The molecule has 1 heterocycles. The van der Waals surface area contributed by atoms with Crippen molar-refractivity contribution in [3.05, 3.63) is 194 Å². The molecular weight excluding hydrogens is 1110 g/mol. The third-order valence-corrected chi connectivity index (χ3v) is 11.3. The van der Waals surface area contributed by atoms with Crippen LogP contribution in [-0.2, 0) is 49.4 Å². The van der Waals surface area contributed by atoms with Crippen LogP contribution in [0, 0.1) is 10.1 Å². The molecule has 0 aliphatic carbocycles. The van der Waals surface area contributed by atoms with Crippen LogP contribution in [0.3, 0.4) is 0 Å². The number of nitro groups is 1. The molecule has 0 aliphatic heterocycles. The summed E-state index contributed by atoms with van der Waals surface area (Å²) < 4.78 is 342. The van der Waals surface area contributed by atoms with Crippen LogP contribution in [0.25, 0.3) is 10.8 Å². The van der Waals surface area contributed by atoms with Crippen molar-refractivity contribution in [2.45, 2.75) is 49.4 Å². The van der Waals surface area contributed by atoms with Crippen molar-refractivity contribution in [1.29, 1.82) is 0 Å². The number of hydrogen-bond donors (Lipinski definition) is 0. The molecule has 0 N–H and O–H groups in total. The number of fused-ring (bicyclic) bond motifs is 1. The summed E-state index contributed by atoms with van der Waals surface area (Å²) in [5.74, 6) is 0.416. The van der Waals surface area contributed by atoms with E-state index in [1.165, 1.54) is 16.9 Å². The van der Waals surface area contributed by atoms with Crippen LogP contribution in [0.5, 0.6) is 5.75 Å². The van der Waals surface area contributed by atoms with Gasteiger partial charge in [-0.1, -0.05) is 72.8 Å². The largest absolute Gasteiger partial charge is 0.416 e. The van der Waals surface area contributed by atoms with Crippen molar-refractivity contribution < 1.29 is 120 Å². The van der Waals surface area contributed by atoms with Gasteiger partial charge in [-0.2, -0.15) is 127 Å². The Bertz CT molecular complexity index is 2900. The third-order valence-electron chi connectivity index (χ3n) is 11.3. The van der Waals surface area contributed by atoms with Gasteiger partial charge in [0.25, 0.3) is 5.69 Å². The van der Waals surface area contributed by atoms with Gasteiger partial charge in [0.1, 0.15) is 6.15 Å². The van der Waals surface area contributed by atoms with Crippen LogP contribution in [0.4, 0.5) is 111 Å². The van der Waals surface area contributed by atoms with E-state index in [1.54, 1.807) is 18.3 Å². The Morgan fingerprint density at radius 2 is 0.649 bits per heavy atom. The van der Waals surface area contributed by atoms with Crippen molar-refractivity contribution in [2.24, 2.45) is 0 Å². The summed E-state index contributed by atoms with van der Waals surface area (Å²) in [6.07, 6.45) is -51.2. The van der Waals surface area contributed by atoms with Gasteiger partial charge in [0, 0.05) is 16.9 Å². The van der Waals surface area contributed by atoms with E-state index in [-0.39, 0.29) is 5.69 Å². The number of rotatable bonds is 7. The monoisotopic (exact) mass is 1130 g/mol. The fraction of sp³-hybridized carbons (Fsp3) is 0.170. The number of pyridine rings is 1. The van der Waals surface area contributed by atoms with Gasteiger partial charge in [-0.25, -0.2) is 4.84 Å². The SMILES string of the molecule is FC(F)(F)c1cc([B-](c2cc(C(F)(F)F)cc(C(F)(F)F)c2)(c2cc(C(F)(F)F)cc(C(F)(F)F)c2)c2cc(C(F)(F)F)cc(C(F)(F)F)c2)cc(C(F)(F)F)c1.O=[N+]([O-])c1cccc(O[n+]2ccc3ccccc3c2)c1. The molecule has 0 unspecified atom stereocenters. The van der Waals surface area contributed by atoms with E-state index in [1.807, 2.05) is 36.5 Å². The zero-order chi connectivity index (χ0) is 57.9. The Labute approximate surface area is 413 Å². The second-order valence-corrected chi connectivity index (χ2v) is 16.5. The van der Waals surface area contributed by atoms with Crippen LogP contribution in [0.1, 0.15) is 44.5 Å². The predicted octanol–water partition coefficient (Wildman–Crippen LogP) is 14.1. The maximum atomic E-state index is 14.2. The fourth-order valence-corrected chi connectivity index (χ4v) is 8.02. The van der Waals surface area contributed by atoms with Gasteiger partial charge < -0.3 is 0 Å². The lowest BCUT2D eigenvalue weighted by Crippen LogP contribution is -2.75. The van der Waals surface area contributed by atoms with E-state index in [4.69, 9.17) is 4.84 Å². The van der Waals surface area contributed by atoms with Crippen molar-refractivity contribution in [3.63, 3.8) is 0 Å². The van der Waals surface area contributed by atoms with Gasteiger partial charge in [-0.15, -0.1) is 0 Å². The van der Waals surface area contributed by atoms with E-state index >= 15 is 0 Å². The molecule has 410 valence electrons. The highest BCUT2D eigenvalue weighted by Crippen LogP contribution is 2.41. The van der Waals surface area contributed by atoms with Gasteiger partial charge in [-0.3, -0.25) is 10.1 Å². The minimum absolute atomic E-state index is 0.00360. The summed E-state index contributed by atoms with van der Waals surface area (Å²) in [5.41, 5.74) is -30.2. The van der Waals surface area contributed by atoms with Crippen LogP contribution < -0.4 is 31.4 Å². The first kappa shape index (κ1) is 58.6. The lowest BCUT2D eigenvalue weighted by Gasteiger charge is -2.46. The van der Waals surface area contributed by atoms with Crippen molar-refractivity contribution in [2.75, 3.05) is 0 Å². The number of nitrogens with zero attached hydrogens (tertiary/aromatic N) is 2. The molecule has 6 aromatic carbocycles. The van der Waals surface area contributed by atoms with Crippen LogP contribution >= 0.6 is 0 Å². The molecular formula is C47H23BF24N2O3. The first-order chi connectivity index (χ1) is 35.0. The van der Waals surface area contributed by atoms with Crippen molar-refractivity contribution in [3.8, 4) is 5.75 Å². The molecule has 0 amide bonds. The molecule has 0 atom stereocenters. The standard InChI is InChI=1S/C32H12BF24.C15H11N2O3/c34-25(35,36)13-1-14(26(37,38)39)6-21(5-13)33(22-7-15(27(40,41)42)2-16(8-22)28(43,44)45,23-9-17(29(46,47)48)3-18(10-23)30(49,50)51)24-11-19(31(52,53)54)4-20(12-24)32(55,56)57;18-17(19)14-6-3-7-15(10-14)20-16-9-8-12-4-1-2-5-13(12)11-16/h1-12H;1-11H/q-1;+1. The minimum Gasteiger partial charge on any atom is -0.258 e. The van der Waals surface area contributed by atoms with Crippen LogP contribution in [-0.4, -0.2) is 11.1 Å². The second-order valence-electron chi connectivity index (χ2n) is 16.5. The molecule has 0 bridgehead atoms. The van der Waals surface area contributed by atoms with E-state index in [0.29, 0.717) is 5.75 Å². The van der Waals surface area contributed by atoms with E-state index in [0.717, 1.165) is 10.8 Å². The Kier molecular flexibility index (Phi) is 15.2. The Balaban J connectivity index is 0.000000397. The summed E-state index contributed by atoms with van der Waals surface area (Å²) in [6, 6.07) is 7.09. The average molecular weight is 1130 g/mol. The molecule has 5 nitrogen and oxygen atoms in total. The number of alkyl halides is 24. The zero-order valence-electron chi connectivity index (χ0n) is 37.0. The van der Waals surface area contributed by atoms with Gasteiger partial charge in [0.05, 0.1) is 60.9 Å². The summed E-state index contributed by atoms with van der Waals surface area (Å²) in [5, 5.41) is 12.9. The number of benzene rings is 6. The van der Waals surface area contributed by atoms with E-state index in [9.17, 15) is 115 Å². The highest BCUT2D eigenvalue weighted by atomic mass is 19.4. The molecule has 0 aliphatic rings. The van der Waals surface area contributed by atoms with Crippen LogP contribution in [0.15, 0.2) is 140 Å². The number of hydrogen-bond acceptors (Lipinski definition) is 3.